The molecular formula is C16H20N2O2S. The van der Waals surface area contributed by atoms with Crippen LogP contribution >= 0.6 is 11.8 Å². The van der Waals surface area contributed by atoms with Crippen molar-refractivity contribution < 1.29 is 9.53 Å². The van der Waals surface area contributed by atoms with Gasteiger partial charge in [-0.25, -0.2) is 0 Å². The van der Waals surface area contributed by atoms with Crippen LogP contribution in [0.3, 0.4) is 0 Å². The molecule has 0 saturated carbocycles. The van der Waals surface area contributed by atoms with Crippen LogP contribution in [0.4, 0.5) is 0 Å². The molecule has 1 aromatic heterocycles. The molecule has 1 N–H and O–H groups in total. The van der Waals surface area contributed by atoms with Crippen LogP contribution in [0, 0.1) is 0 Å². The van der Waals surface area contributed by atoms with Gasteiger partial charge >= 0.3 is 0 Å². The maximum absolute atomic E-state index is 12.9. The number of H-pyrrole nitrogens is 1. The first-order chi connectivity index (χ1) is 10.3. The van der Waals surface area contributed by atoms with E-state index in [0.717, 1.165) is 34.4 Å². The second-order valence-corrected chi connectivity index (χ2v) is 6.44. The predicted molar refractivity (Wildman–Crippen MR) is 86.9 cm³/mol. The first-order valence-electron chi connectivity index (χ1n) is 7.24. The number of carbonyl (C=O) groups excluding carboxylic acids is 1. The molecule has 1 fully saturated rings. The number of hydrogen-bond donors (Lipinski definition) is 1. The van der Waals surface area contributed by atoms with E-state index >= 15 is 0 Å². The van der Waals surface area contributed by atoms with E-state index in [1.165, 1.54) is 0 Å². The lowest BCUT2D eigenvalue weighted by Gasteiger charge is -2.28. The summed E-state index contributed by atoms with van der Waals surface area (Å²) < 4.78 is 5.17. The number of hydrogen-bond acceptors (Lipinski definition) is 3. The molecule has 1 aliphatic heterocycles. The van der Waals surface area contributed by atoms with Gasteiger partial charge in [-0.05, 0) is 35.8 Å². The van der Waals surface area contributed by atoms with Crippen LogP contribution in [-0.2, 0) is 4.74 Å². The second-order valence-electron chi connectivity index (χ2n) is 5.29. The van der Waals surface area contributed by atoms with Gasteiger partial charge in [-0.15, -0.1) is 0 Å². The molecule has 0 spiro atoms. The number of aromatic amines is 1. The normalized spacial score (nSPS) is 18.2. The number of fused-ring (bicyclic) bond motifs is 1. The number of thioether (sulfide) groups is 1. The minimum atomic E-state index is 0.107. The Labute approximate surface area is 128 Å². The van der Waals surface area contributed by atoms with Gasteiger partial charge in [0.2, 0.25) is 0 Å². The van der Waals surface area contributed by atoms with Crippen molar-refractivity contribution in [2.24, 2.45) is 0 Å². The molecule has 1 unspecified atom stereocenters. The minimum absolute atomic E-state index is 0.107. The minimum Gasteiger partial charge on any atom is -0.383 e. The smallest absolute Gasteiger partial charge is 0.254 e. The van der Waals surface area contributed by atoms with E-state index in [1.807, 2.05) is 47.1 Å². The monoisotopic (exact) mass is 304 g/mol. The van der Waals surface area contributed by atoms with Gasteiger partial charge in [0.1, 0.15) is 0 Å². The maximum atomic E-state index is 12.9. The van der Waals surface area contributed by atoms with E-state index < -0.39 is 0 Å². The van der Waals surface area contributed by atoms with E-state index in [4.69, 9.17) is 4.74 Å². The average molecular weight is 304 g/mol. The van der Waals surface area contributed by atoms with Crippen LogP contribution in [-0.4, -0.2) is 53.6 Å². The molecule has 1 saturated heterocycles. The van der Waals surface area contributed by atoms with Gasteiger partial charge in [-0.3, -0.25) is 4.79 Å². The van der Waals surface area contributed by atoms with Crippen LogP contribution in [0.25, 0.3) is 10.9 Å². The number of nitrogens with one attached hydrogen (secondary N) is 1. The molecule has 1 atom stereocenters. The SMILES string of the molecule is COCCN(C(=O)c1ccc2cc[nH]c2c1)C1CCSC1. The third-order valence-corrected chi connectivity index (χ3v) is 5.09. The number of aromatic nitrogens is 1. The molecule has 0 aliphatic carbocycles. The van der Waals surface area contributed by atoms with Gasteiger partial charge in [0.15, 0.2) is 0 Å². The summed E-state index contributed by atoms with van der Waals surface area (Å²) in [5, 5.41) is 1.13. The summed E-state index contributed by atoms with van der Waals surface area (Å²) >= 11 is 1.92. The topological polar surface area (TPSA) is 45.3 Å². The molecule has 21 heavy (non-hydrogen) atoms. The highest BCUT2D eigenvalue weighted by Gasteiger charge is 2.27. The Hall–Kier alpha value is -1.46. The van der Waals surface area contributed by atoms with Crippen LogP contribution in [0.5, 0.6) is 0 Å². The van der Waals surface area contributed by atoms with Gasteiger partial charge in [0.25, 0.3) is 5.91 Å². The number of nitrogens with zero attached hydrogens (tertiary/aromatic N) is 1. The standard InChI is InChI=1S/C16H20N2O2S/c1-20-8-7-18(14-5-9-21-11-14)16(19)13-3-2-12-4-6-17-15(12)10-13/h2-4,6,10,14,17H,5,7-9,11H2,1H3. The van der Waals surface area contributed by atoms with E-state index in [0.29, 0.717) is 19.2 Å². The van der Waals surface area contributed by atoms with Crippen molar-refractivity contribution in [1.29, 1.82) is 0 Å². The predicted octanol–water partition coefficient (Wildman–Crippen LogP) is 2.76. The summed E-state index contributed by atoms with van der Waals surface area (Å²) in [5.74, 6) is 2.27. The Kier molecular flexibility index (Phi) is 4.51. The zero-order valence-corrected chi connectivity index (χ0v) is 13.0. The molecule has 1 aromatic carbocycles. The molecule has 0 bridgehead atoms. The van der Waals surface area contributed by atoms with Crippen LogP contribution in [0.1, 0.15) is 16.8 Å². The zero-order chi connectivity index (χ0) is 14.7. The van der Waals surface area contributed by atoms with Crippen molar-refractivity contribution in [3.63, 3.8) is 0 Å². The van der Waals surface area contributed by atoms with Crippen molar-refractivity contribution in [3.8, 4) is 0 Å². The summed E-state index contributed by atoms with van der Waals surface area (Å²) in [4.78, 5) is 18.0. The summed E-state index contributed by atoms with van der Waals surface area (Å²) in [6.07, 6.45) is 2.97. The summed E-state index contributed by atoms with van der Waals surface area (Å²) in [5.41, 5.74) is 1.76. The molecule has 0 radical (unpaired) electrons. The van der Waals surface area contributed by atoms with Crippen molar-refractivity contribution in [3.05, 3.63) is 36.0 Å². The summed E-state index contributed by atoms with van der Waals surface area (Å²) in [6, 6.07) is 8.20. The number of rotatable bonds is 5. The lowest BCUT2D eigenvalue weighted by molar-refractivity contribution is 0.0625. The molecule has 1 aliphatic rings. The number of benzene rings is 1. The Morgan fingerprint density at radius 3 is 3.14 bits per heavy atom. The second kappa shape index (κ2) is 6.54. The van der Waals surface area contributed by atoms with Crippen molar-refractivity contribution in [2.75, 3.05) is 31.8 Å². The highest BCUT2D eigenvalue weighted by molar-refractivity contribution is 7.99. The Bertz CT molecular complexity index is 620. The lowest BCUT2D eigenvalue weighted by atomic mass is 10.1. The summed E-state index contributed by atoms with van der Waals surface area (Å²) in [6.45, 7) is 1.24. The Balaban J connectivity index is 1.84. The average Bonchev–Trinajstić information content (AvgIpc) is 3.18. The number of ether oxygens (including phenoxy) is 1. The highest BCUT2D eigenvalue weighted by atomic mass is 32.2. The Morgan fingerprint density at radius 2 is 2.38 bits per heavy atom. The summed E-state index contributed by atoms with van der Waals surface area (Å²) in [7, 11) is 1.68. The van der Waals surface area contributed by atoms with Gasteiger partial charge in [0.05, 0.1) is 6.61 Å². The molecule has 2 heterocycles. The molecular weight excluding hydrogens is 284 g/mol. The van der Waals surface area contributed by atoms with Crippen LogP contribution in [0.2, 0.25) is 0 Å². The van der Waals surface area contributed by atoms with Crippen LogP contribution < -0.4 is 0 Å². The van der Waals surface area contributed by atoms with E-state index in [1.54, 1.807) is 7.11 Å². The van der Waals surface area contributed by atoms with Gasteiger partial charge < -0.3 is 14.6 Å². The fraction of sp³-hybridized carbons (Fsp3) is 0.438. The lowest BCUT2D eigenvalue weighted by Crippen LogP contribution is -2.42. The van der Waals surface area contributed by atoms with E-state index in [9.17, 15) is 4.79 Å². The van der Waals surface area contributed by atoms with Gasteiger partial charge in [-0.1, -0.05) is 6.07 Å². The number of carbonyl (C=O) groups is 1. The molecule has 2 aromatic rings. The fourth-order valence-electron chi connectivity index (χ4n) is 2.75. The number of methoxy groups -OCH3 is 1. The molecule has 112 valence electrons. The highest BCUT2D eigenvalue weighted by Crippen LogP contribution is 2.24. The van der Waals surface area contributed by atoms with Crippen molar-refractivity contribution in [1.82, 2.24) is 9.88 Å². The quantitative estimate of drug-likeness (QED) is 0.924. The van der Waals surface area contributed by atoms with Crippen LogP contribution in [0.15, 0.2) is 30.5 Å². The third kappa shape index (κ3) is 3.09. The van der Waals surface area contributed by atoms with E-state index in [-0.39, 0.29) is 5.91 Å². The molecule has 4 nitrogen and oxygen atoms in total. The fourth-order valence-corrected chi connectivity index (χ4v) is 3.98. The largest absolute Gasteiger partial charge is 0.383 e. The van der Waals surface area contributed by atoms with E-state index in [2.05, 4.69) is 4.98 Å². The molecule has 3 rings (SSSR count). The molecule has 1 amide bonds. The first kappa shape index (κ1) is 14.5. The van der Waals surface area contributed by atoms with Gasteiger partial charge in [0, 0.05) is 42.7 Å². The zero-order valence-electron chi connectivity index (χ0n) is 12.2. The number of amides is 1. The van der Waals surface area contributed by atoms with Crippen molar-refractivity contribution >= 4 is 28.6 Å². The van der Waals surface area contributed by atoms with Crippen molar-refractivity contribution in [2.45, 2.75) is 12.5 Å². The first-order valence-corrected chi connectivity index (χ1v) is 8.40. The third-order valence-electron chi connectivity index (χ3n) is 3.95. The Morgan fingerprint density at radius 1 is 1.48 bits per heavy atom. The maximum Gasteiger partial charge on any atom is 0.254 e. The molecule has 5 heteroatoms. The van der Waals surface area contributed by atoms with Gasteiger partial charge in [-0.2, -0.15) is 11.8 Å².